The third-order valence-electron chi connectivity index (χ3n) is 5.87. The molecule has 3 aromatic heterocycles. The van der Waals surface area contributed by atoms with E-state index in [1.54, 1.807) is 43.4 Å². The van der Waals surface area contributed by atoms with Gasteiger partial charge in [-0.1, -0.05) is 48.3 Å². The number of imidazole rings is 1. The van der Waals surface area contributed by atoms with Gasteiger partial charge in [-0.15, -0.1) is 0 Å². The highest BCUT2D eigenvalue weighted by Crippen LogP contribution is 2.41. The molecule has 0 bridgehead atoms. The highest BCUT2D eigenvalue weighted by molar-refractivity contribution is 7.91. The number of benzene rings is 2. The predicted molar refractivity (Wildman–Crippen MR) is 134 cm³/mol. The first-order valence-corrected chi connectivity index (χ1v) is 13.1. The van der Waals surface area contributed by atoms with E-state index in [2.05, 4.69) is 9.97 Å². The zero-order valence-corrected chi connectivity index (χ0v) is 21.1. The molecule has 3 heterocycles. The Balaban J connectivity index is 1.94. The van der Waals surface area contributed by atoms with Gasteiger partial charge in [0.05, 0.1) is 22.4 Å². The summed E-state index contributed by atoms with van der Waals surface area (Å²) in [5.74, 6) is -0.0719. The minimum absolute atomic E-state index is 0.00944. The topological polar surface area (TPSA) is 69.8 Å². The predicted octanol–water partition coefficient (Wildman–Crippen LogP) is 6.70. The summed E-state index contributed by atoms with van der Waals surface area (Å²) in [6.45, 7) is 1.51. The molecule has 12 heteroatoms. The molecule has 2 aromatic carbocycles. The molecule has 6 nitrogen and oxygen atoms in total. The van der Waals surface area contributed by atoms with Gasteiger partial charge in [-0.2, -0.15) is 13.2 Å². The van der Waals surface area contributed by atoms with Crippen molar-refractivity contribution in [2.75, 3.05) is 5.75 Å². The Bertz CT molecular complexity index is 1760. The summed E-state index contributed by atoms with van der Waals surface area (Å²) >= 11 is 12.5. The number of nitrogens with zero attached hydrogens (tertiary/aromatic N) is 4. The van der Waals surface area contributed by atoms with Crippen LogP contribution in [-0.4, -0.2) is 33.3 Å². The van der Waals surface area contributed by atoms with Crippen LogP contribution in [0.4, 0.5) is 13.2 Å². The number of sulfone groups is 1. The highest BCUT2D eigenvalue weighted by Gasteiger charge is 2.33. The van der Waals surface area contributed by atoms with Crippen molar-refractivity contribution < 1.29 is 21.6 Å². The number of para-hydroxylation sites is 1. The van der Waals surface area contributed by atoms with Crippen molar-refractivity contribution in [2.45, 2.75) is 18.1 Å². The molecule has 36 heavy (non-hydrogen) atoms. The van der Waals surface area contributed by atoms with Crippen molar-refractivity contribution in [1.82, 2.24) is 19.1 Å². The second kappa shape index (κ2) is 8.50. The van der Waals surface area contributed by atoms with Crippen LogP contribution in [0, 0.1) is 0 Å². The zero-order valence-electron chi connectivity index (χ0n) is 18.8. The van der Waals surface area contributed by atoms with Gasteiger partial charge < -0.3 is 4.57 Å². The van der Waals surface area contributed by atoms with Gasteiger partial charge in [0.2, 0.25) is 0 Å². The molecule has 0 N–H and O–H groups in total. The van der Waals surface area contributed by atoms with Crippen LogP contribution < -0.4 is 0 Å². The van der Waals surface area contributed by atoms with E-state index < -0.39 is 21.6 Å². The molecule has 186 valence electrons. The van der Waals surface area contributed by atoms with Crippen molar-refractivity contribution in [1.29, 1.82) is 0 Å². The maximum absolute atomic E-state index is 13.6. The molecule has 0 saturated heterocycles. The summed E-state index contributed by atoms with van der Waals surface area (Å²) in [7, 11) is -2.33. The lowest BCUT2D eigenvalue weighted by atomic mass is 10.1. The maximum Gasteiger partial charge on any atom is 0.417 e. The van der Waals surface area contributed by atoms with Gasteiger partial charge in [0.25, 0.3) is 0 Å². The molecule has 5 rings (SSSR count). The van der Waals surface area contributed by atoms with Crippen LogP contribution in [0.3, 0.4) is 0 Å². The van der Waals surface area contributed by atoms with Gasteiger partial charge >= 0.3 is 6.18 Å². The van der Waals surface area contributed by atoms with Crippen LogP contribution in [0.2, 0.25) is 10.0 Å². The first kappa shape index (κ1) is 24.6. The zero-order chi connectivity index (χ0) is 26.0. The monoisotopic (exact) mass is 552 g/mol. The quantitative estimate of drug-likeness (QED) is 0.249. The summed E-state index contributed by atoms with van der Waals surface area (Å²) in [6, 6.07) is 12.6. The van der Waals surface area contributed by atoms with Crippen LogP contribution in [-0.2, 0) is 23.1 Å². The minimum Gasteiger partial charge on any atom is -0.312 e. The van der Waals surface area contributed by atoms with E-state index in [1.165, 1.54) is 22.1 Å². The van der Waals surface area contributed by atoms with E-state index in [4.69, 9.17) is 23.2 Å². The lowest BCUT2D eigenvalue weighted by molar-refractivity contribution is -0.137. The number of aryl methyl sites for hydroxylation is 1. The molecule has 0 unspecified atom stereocenters. The molecule has 0 fully saturated rings. The third kappa shape index (κ3) is 3.93. The number of aromatic nitrogens is 4. The summed E-state index contributed by atoms with van der Waals surface area (Å²) in [5, 5.41) is 1.08. The van der Waals surface area contributed by atoms with Gasteiger partial charge in [-0.25, -0.2) is 18.4 Å². The van der Waals surface area contributed by atoms with Crippen LogP contribution >= 0.6 is 23.2 Å². The molecular weight excluding hydrogens is 536 g/mol. The average molecular weight is 553 g/mol. The van der Waals surface area contributed by atoms with Gasteiger partial charge in [-0.05, 0) is 30.3 Å². The molecule has 0 radical (unpaired) electrons. The van der Waals surface area contributed by atoms with Crippen molar-refractivity contribution >= 4 is 55.1 Å². The Morgan fingerprint density at radius 3 is 2.33 bits per heavy atom. The minimum atomic E-state index is -4.60. The Hall–Kier alpha value is -3.08. The standard InChI is InChI=1S/C24H17Cl2F3N4O2S/c1-3-36(34,35)23-20(22-31-18-8-13(24(27,28)29)12-30-21(18)32(22)2)17-6-4-5-7-19(17)33(23)16-10-14(25)9-15(26)11-16/h4-12H,3H2,1-2H3. The van der Waals surface area contributed by atoms with Crippen molar-refractivity contribution in [3.05, 3.63) is 70.3 Å². The van der Waals surface area contributed by atoms with Crippen LogP contribution in [0.25, 0.3) is 39.1 Å². The fourth-order valence-electron chi connectivity index (χ4n) is 4.24. The Morgan fingerprint density at radius 2 is 1.69 bits per heavy atom. The molecule has 0 amide bonds. The third-order valence-corrected chi connectivity index (χ3v) is 8.04. The van der Waals surface area contributed by atoms with E-state index in [1.807, 2.05) is 0 Å². The fraction of sp³-hybridized carbons (Fsp3) is 0.167. The number of halogens is 5. The molecule has 0 atom stereocenters. The van der Waals surface area contributed by atoms with E-state index in [0.29, 0.717) is 26.6 Å². The Morgan fingerprint density at radius 1 is 1.03 bits per heavy atom. The Labute approximate surface area is 213 Å². The molecule has 0 aliphatic rings. The molecule has 0 saturated carbocycles. The highest BCUT2D eigenvalue weighted by atomic mass is 35.5. The fourth-order valence-corrected chi connectivity index (χ4v) is 6.03. The van der Waals surface area contributed by atoms with Gasteiger partial charge in [0.1, 0.15) is 11.3 Å². The summed E-state index contributed by atoms with van der Waals surface area (Å²) in [6.07, 6.45) is -3.87. The van der Waals surface area contributed by atoms with Crippen LogP contribution in [0.1, 0.15) is 12.5 Å². The van der Waals surface area contributed by atoms with Gasteiger partial charge in [0, 0.05) is 34.4 Å². The summed E-state index contributed by atoms with van der Waals surface area (Å²) < 4.78 is 70.0. The SMILES string of the molecule is CCS(=O)(=O)c1c(-c2nc3cc(C(F)(F)F)cnc3n2C)c2ccccc2n1-c1cc(Cl)cc(Cl)c1. The second-order valence-corrected chi connectivity index (χ2v) is 11.2. The Kier molecular flexibility index (Phi) is 5.81. The first-order valence-electron chi connectivity index (χ1n) is 10.6. The van der Waals surface area contributed by atoms with Crippen LogP contribution in [0.15, 0.2) is 59.8 Å². The van der Waals surface area contributed by atoms with Crippen molar-refractivity contribution in [2.24, 2.45) is 7.05 Å². The van der Waals surface area contributed by atoms with Crippen molar-refractivity contribution in [3.8, 4) is 17.1 Å². The normalized spacial score (nSPS) is 12.6. The summed E-state index contributed by atoms with van der Waals surface area (Å²) in [4.78, 5) is 8.39. The molecule has 0 spiro atoms. The van der Waals surface area contributed by atoms with E-state index in [0.717, 1.165) is 12.3 Å². The number of hydrogen-bond acceptors (Lipinski definition) is 4. The number of fused-ring (bicyclic) bond motifs is 2. The lowest BCUT2D eigenvalue weighted by Gasteiger charge is -2.13. The molecular formula is C24H17Cl2F3N4O2S. The molecule has 5 aromatic rings. The maximum atomic E-state index is 13.6. The summed E-state index contributed by atoms with van der Waals surface area (Å²) in [5.41, 5.74) is 0.423. The second-order valence-electron chi connectivity index (χ2n) is 8.12. The number of pyridine rings is 1. The molecule has 0 aliphatic heterocycles. The van der Waals surface area contributed by atoms with E-state index in [-0.39, 0.29) is 33.3 Å². The van der Waals surface area contributed by atoms with Crippen LogP contribution in [0.5, 0.6) is 0 Å². The number of alkyl halides is 3. The van der Waals surface area contributed by atoms with Crippen molar-refractivity contribution in [3.63, 3.8) is 0 Å². The number of rotatable bonds is 4. The lowest BCUT2D eigenvalue weighted by Crippen LogP contribution is -2.12. The van der Waals surface area contributed by atoms with Gasteiger partial charge in [0.15, 0.2) is 20.5 Å². The van der Waals surface area contributed by atoms with E-state index >= 15 is 0 Å². The molecule has 0 aliphatic carbocycles. The smallest absolute Gasteiger partial charge is 0.312 e. The van der Waals surface area contributed by atoms with E-state index in [9.17, 15) is 21.6 Å². The average Bonchev–Trinajstić information content (AvgIpc) is 3.33. The first-order chi connectivity index (χ1) is 16.9. The van der Waals surface area contributed by atoms with Gasteiger partial charge in [-0.3, -0.25) is 4.57 Å². The largest absolute Gasteiger partial charge is 0.417 e. The number of hydrogen-bond donors (Lipinski definition) is 0.